The molecule has 0 radical (unpaired) electrons. The maximum absolute atomic E-state index is 5.53. The van der Waals surface area contributed by atoms with Crippen molar-refractivity contribution in [3.8, 4) is 0 Å². The lowest BCUT2D eigenvalue weighted by atomic mass is 9.98. The van der Waals surface area contributed by atoms with Crippen LogP contribution in [0.2, 0.25) is 0 Å². The molecular weight excluding hydrogens is 1230 g/mol. The Balaban J connectivity index is 0.862. The van der Waals surface area contributed by atoms with Crippen molar-refractivity contribution in [1.29, 1.82) is 0 Å². The van der Waals surface area contributed by atoms with Crippen molar-refractivity contribution < 1.29 is 0 Å². The summed E-state index contributed by atoms with van der Waals surface area (Å²) in [6.07, 6.45) is 15.3. The highest BCUT2D eigenvalue weighted by molar-refractivity contribution is 6.14. The van der Waals surface area contributed by atoms with E-state index in [-0.39, 0.29) is 0 Å². The first-order chi connectivity index (χ1) is 49.8. The Hall–Kier alpha value is -13.2. The van der Waals surface area contributed by atoms with Crippen molar-refractivity contribution in [2.45, 2.75) is 20.3 Å². The molecule has 101 heavy (non-hydrogen) atoms. The summed E-state index contributed by atoms with van der Waals surface area (Å²) in [6, 6.07) is 124. The SMILES string of the molecule is C=C/C=C(\C=C)N(c1ccccc1)c1ccc(N(c2ccc(C(=Nc3ccccc3)C3=CC=C(N(c4ccc(N(c5ccccc5)c5ccccc5)cc4)c4ccc(N(c5ccccc5)c5ccccc5)cc4C)C=CC3)cc2)c2ccc(N(c3ccccc3)c3cccc(C)c3)cc2)cc1. The molecule has 14 rings (SSSR count). The molecule has 1 aliphatic rings. The topological polar surface area (TPSA) is 31.8 Å². The number of hydrogen-bond acceptors (Lipinski definition) is 7. The molecular formula is C94H77N7. The van der Waals surface area contributed by atoms with Gasteiger partial charge in [-0.15, -0.1) is 0 Å². The minimum atomic E-state index is 0.632. The van der Waals surface area contributed by atoms with Gasteiger partial charge in [0.15, 0.2) is 0 Å². The van der Waals surface area contributed by atoms with Gasteiger partial charge in [0.2, 0.25) is 0 Å². The Morgan fingerprint density at radius 2 is 0.683 bits per heavy atom. The molecule has 7 heteroatoms. The van der Waals surface area contributed by atoms with Gasteiger partial charge in [-0.1, -0.05) is 183 Å². The highest BCUT2D eigenvalue weighted by Gasteiger charge is 2.24. The number of benzene rings is 13. The smallest absolute Gasteiger partial charge is 0.0744 e. The van der Waals surface area contributed by atoms with Crippen LogP contribution in [0.3, 0.4) is 0 Å². The van der Waals surface area contributed by atoms with Crippen LogP contribution in [0.25, 0.3) is 0 Å². The highest BCUT2D eigenvalue weighted by atomic mass is 15.2. The predicted molar refractivity (Wildman–Crippen MR) is 429 cm³/mol. The van der Waals surface area contributed by atoms with Gasteiger partial charge in [-0.3, -0.25) is 0 Å². The van der Waals surface area contributed by atoms with Crippen molar-refractivity contribution in [1.82, 2.24) is 0 Å². The van der Waals surface area contributed by atoms with Gasteiger partial charge in [0.05, 0.1) is 11.4 Å². The van der Waals surface area contributed by atoms with Gasteiger partial charge in [0, 0.05) is 108 Å². The van der Waals surface area contributed by atoms with E-state index in [2.05, 4.69) is 420 Å². The number of aliphatic imine (C=N–C) groups is 1. The van der Waals surface area contributed by atoms with E-state index in [0.717, 1.165) is 130 Å². The Labute approximate surface area is 594 Å². The van der Waals surface area contributed by atoms with Crippen molar-refractivity contribution in [3.05, 3.63) is 441 Å². The average Bonchev–Trinajstić information content (AvgIpc) is 1.73. The van der Waals surface area contributed by atoms with E-state index in [1.807, 2.05) is 24.3 Å². The first-order valence-electron chi connectivity index (χ1n) is 34.2. The zero-order valence-electron chi connectivity index (χ0n) is 56.8. The molecule has 7 nitrogen and oxygen atoms in total. The molecule has 0 aromatic heterocycles. The first kappa shape index (κ1) is 65.1. The molecule has 0 heterocycles. The first-order valence-corrected chi connectivity index (χ1v) is 34.2. The lowest BCUT2D eigenvalue weighted by Crippen LogP contribution is -2.17. The van der Waals surface area contributed by atoms with Crippen molar-refractivity contribution >= 4 is 102 Å². The molecule has 0 unspecified atom stereocenters. The molecule has 0 atom stereocenters. The molecule has 13 aromatic carbocycles. The molecule has 0 saturated carbocycles. The van der Waals surface area contributed by atoms with Crippen LogP contribution in [0.5, 0.6) is 0 Å². The van der Waals surface area contributed by atoms with Crippen LogP contribution in [-0.4, -0.2) is 5.71 Å². The summed E-state index contributed by atoms with van der Waals surface area (Å²) in [6.45, 7) is 12.6. The normalized spacial score (nSPS) is 12.1. The van der Waals surface area contributed by atoms with E-state index in [1.165, 1.54) is 5.56 Å². The van der Waals surface area contributed by atoms with E-state index < -0.39 is 0 Å². The monoisotopic (exact) mass is 1300 g/mol. The zero-order valence-corrected chi connectivity index (χ0v) is 56.8. The Bertz CT molecular complexity index is 5020. The van der Waals surface area contributed by atoms with Gasteiger partial charge in [0.1, 0.15) is 0 Å². The van der Waals surface area contributed by atoms with Crippen LogP contribution >= 0.6 is 0 Å². The number of rotatable bonds is 23. The Morgan fingerprint density at radius 1 is 0.337 bits per heavy atom. The van der Waals surface area contributed by atoms with Crippen molar-refractivity contribution in [3.63, 3.8) is 0 Å². The number of hydrogen-bond donors (Lipinski definition) is 0. The minimum absolute atomic E-state index is 0.632. The zero-order chi connectivity index (χ0) is 68.7. The summed E-state index contributed by atoms with van der Waals surface area (Å²) >= 11 is 0. The molecule has 0 aliphatic heterocycles. The van der Waals surface area contributed by atoms with Crippen LogP contribution in [0.1, 0.15) is 23.1 Å². The Morgan fingerprint density at radius 3 is 1.10 bits per heavy atom. The largest absolute Gasteiger partial charge is 0.311 e. The summed E-state index contributed by atoms with van der Waals surface area (Å²) in [4.78, 5) is 19.4. The maximum Gasteiger partial charge on any atom is 0.0744 e. The average molecular weight is 1300 g/mol. The molecule has 0 saturated heterocycles. The highest BCUT2D eigenvalue weighted by Crippen LogP contribution is 2.45. The van der Waals surface area contributed by atoms with Crippen LogP contribution in [0.4, 0.5) is 96.7 Å². The number of aryl methyl sites for hydroxylation is 2. The van der Waals surface area contributed by atoms with E-state index in [1.54, 1.807) is 6.08 Å². The third kappa shape index (κ3) is 14.7. The second-order valence-electron chi connectivity index (χ2n) is 24.6. The Kier molecular flexibility index (Phi) is 19.9. The summed E-state index contributed by atoms with van der Waals surface area (Å²) in [5.74, 6) is 0. The molecule has 13 aromatic rings. The van der Waals surface area contributed by atoms with Crippen LogP contribution in [0.15, 0.2) is 429 Å². The molecule has 0 N–H and O–H groups in total. The molecule has 1 aliphatic carbocycles. The van der Waals surface area contributed by atoms with Crippen LogP contribution in [-0.2, 0) is 0 Å². The fourth-order valence-corrected chi connectivity index (χ4v) is 13.2. The number of para-hydroxylation sites is 7. The van der Waals surface area contributed by atoms with Gasteiger partial charge >= 0.3 is 0 Å². The number of allylic oxidation sites excluding steroid dienone is 8. The van der Waals surface area contributed by atoms with E-state index >= 15 is 0 Å². The minimum Gasteiger partial charge on any atom is -0.311 e. The van der Waals surface area contributed by atoms with Crippen LogP contribution < -0.4 is 29.4 Å². The van der Waals surface area contributed by atoms with Crippen molar-refractivity contribution in [2.24, 2.45) is 4.99 Å². The lowest BCUT2D eigenvalue weighted by molar-refractivity contribution is 1.17. The van der Waals surface area contributed by atoms with Gasteiger partial charge in [-0.25, -0.2) is 4.99 Å². The quantitative estimate of drug-likeness (QED) is 0.0469. The van der Waals surface area contributed by atoms with Crippen LogP contribution in [0, 0.1) is 13.8 Å². The number of anilines is 16. The number of nitrogens with zero attached hydrogens (tertiary/aromatic N) is 7. The second kappa shape index (κ2) is 30.9. The standard InChI is InChI=1S/C94H77N7/c1-5-30-76(6-2)96(77-35-16-8-17-36-77)85-55-57-87(58-56-85)98(88-59-61-89(62-60-88)100(82-45-26-13-27-46-82)91-48-28-31-71(3)69-91)84-53-50-74(51-54-84)94(95-75-33-14-7-15-34-75)73-32-29-47-83(52-49-73)101(90-65-63-86(64-66-90)97(78-37-18-9-19-38-78)79-39-20-10-21-40-79)93-68-67-92(70-72(93)4)99(80-41-22-11-23-42-80)81-43-24-12-25-44-81/h5-31,33-70H,1-2,32H2,3-4H3/b76-30+,95-94?. The van der Waals surface area contributed by atoms with Gasteiger partial charge in [0.25, 0.3) is 0 Å². The van der Waals surface area contributed by atoms with E-state index in [9.17, 15) is 0 Å². The molecule has 0 amide bonds. The summed E-state index contributed by atoms with van der Waals surface area (Å²) in [5.41, 5.74) is 24.7. The lowest BCUT2D eigenvalue weighted by Gasteiger charge is -2.31. The summed E-state index contributed by atoms with van der Waals surface area (Å²) < 4.78 is 0. The van der Waals surface area contributed by atoms with Gasteiger partial charge in [-0.2, -0.15) is 0 Å². The fraction of sp³-hybridized carbons (Fsp3) is 0.0319. The maximum atomic E-state index is 5.53. The van der Waals surface area contributed by atoms with Gasteiger partial charge in [-0.05, 0) is 261 Å². The third-order valence-corrected chi connectivity index (χ3v) is 17.9. The summed E-state index contributed by atoms with van der Waals surface area (Å²) in [5, 5.41) is 0. The third-order valence-electron chi connectivity index (χ3n) is 17.9. The molecule has 0 fully saturated rings. The van der Waals surface area contributed by atoms with E-state index in [4.69, 9.17) is 4.99 Å². The predicted octanol–water partition coefficient (Wildman–Crippen LogP) is 26.3. The second-order valence-corrected chi connectivity index (χ2v) is 24.6. The van der Waals surface area contributed by atoms with Gasteiger partial charge < -0.3 is 29.4 Å². The molecule has 488 valence electrons. The fourth-order valence-electron chi connectivity index (χ4n) is 13.2. The van der Waals surface area contributed by atoms with Crippen molar-refractivity contribution in [2.75, 3.05) is 29.4 Å². The molecule has 0 spiro atoms. The molecule has 0 bridgehead atoms. The summed E-state index contributed by atoms with van der Waals surface area (Å²) in [7, 11) is 0. The van der Waals surface area contributed by atoms with E-state index in [0.29, 0.717) is 6.42 Å².